The maximum Gasteiger partial charge on any atom is 0.411 e. The van der Waals surface area contributed by atoms with E-state index in [0.29, 0.717) is 18.8 Å². The van der Waals surface area contributed by atoms with E-state index in [1.54, 1.807) is 6.92 Å². The van der Waals surface area contributed by atoms with Crippen LogP contribution in [0, 0.1) is 5.92 Å². The second kappa shape index (κ2) is 6.48. The van der Waals surface area contributed by atoms with Crippen molar-refractivity contribution in [3.05, 3.63) is 0 Å². The lowest BCUT2D eigenvalue weighted by Crippen LogP contribution is -2.33. The van der Waals surface area contributed by atoms with Crippen LogP contribution >= 0.6 is 0 Å². The first-order valence-corrected chi connectivity index (χ1v) is 5.89. The van der Waals surface area contributed by atoms with Crippen LogP contribution in [0.2, 0.25) is 0 Å². The molecule has 0 saturated heterocycles. The van der Waals surface area contributed by atoms with E-state index in [0.717, 1.165) is 12.8 Å². The molecule has 0 amide bonds. The molecule has 0 aromatic rings. The Morgan fingerprint density at radius 1 is 1.19 bits per heavy atom. The Morgan fingerprint density at radius 2 is 1.75 bits per heavy atom. The predicted molar refractivity (Wildman–Crippen MR) is 59.4 cm³/mol. The van der Waals surface area contributed by atoms with Crippen molar-refractivity contribution >= 4 is 0 Å². The molecule has 0 aromatic heterocycles. The first-order chi connectivity index (χ1) is 7.18. The zero-order chi connectivity index (χ0) is 12.8. The minimum atomic E-state index is -4.23. The van der Waals surface area contributed by atoms with Crippen molar-refractivity contribution in [1.82, 2.24) is 0 Å². The molecular formula is C12H23F3O. The average molecular weight is 240 g/mol. The van der Waals surface area contributed by atoms with Gasteiger partial charge in [0.15, 0.2) is 0 Å². The quantitative estimate of drug-likeness (QED) is 0.633. The van der Waals surface area contributed by atoms with E-state index < -0.39 is 18.4 Å². The highest BCUT2D eigenvalue weighted by atomic mass is 19.4. The highest BCUT2D eigenvalue weighted by Crippen LogP contribution is 2.27. The van der Waals surface area contributed by atoms with Crippen LogP contribution in [0.15, 0.2) is 0 Å². The molecule has 4 heteroatoms. The summed E-state index contributed by atoms with van der Waals surface area (Å²) < 4.78 is 41.1. The third kappa shape index (κ3) is 7.97. The normalized spacial score (nSPS) is 16.5. The molecule has 0 aliphatic heterocycles. The lowest BCUT2D eigenvalue weighted by Gasteiger charge is -2.29. The van der Waals surface area contributed by atoms with Gasteiger partial charge >= 0.3 is 6.18 Å². The molecule has 98 valence electrons. The highest BCUT2D eigenvalue weighted by Gasteiger charge is 2.33. The molecule has 0 fully saturated rings. The van der Waals surface area contributed by atoms with Gasteiger partial charge in [-0.3, -0.25) is 0 Å². The van der Waals surface area contributed by atoms with Crippen LogP contribution in [0.4, 0.5) is 13.2 Å². The summed E-state index contributed by atoms with van der Waals surface area (Å²) in [5.41, 5.74) is -0.635. The van der Waals surface area contributed by atoms with E-state index in [2.05, 4.69) is 13.8 Å². The summed E-state index contributed by atoms with van der Waals surface area (Å²) >= 11 is 0. The second-order valence-corrected chi connectivity index (χ2v) is 4.99. The summed E-state index contributed by atoms with van der Waals surface area (Å²) in [6, 6.07) is 0. The summed E-state index contributed by atoms with van der Waals surface area (Å²) in [5, 5.41) is 0. The third-order valence-corrected chi connectivity index (χ3v) is 2.82. The largest absolute Gasteiger partial charge is 0.411 e. The average Bonchev–Trinajstić information content (AvgIpc) is 2.13. The van der Waals surface area contributed by atoms with Crippen LogP contribution in [0.1, 0.15) is 53.4 Å². The molecule has 0 saturated carbocycles. The Bertz CT molecular complexity index is 189. The summed E-state index contributed by atoms with van der Waals surface area (Å²) in [6.45, 7) is 6.71. The van der Waals surface area contributed by atoms with Gasteiger partial charge in [-0.2, -0.15) is 13.2 Å². The van der Waals surface area contributed by atoms with E-state index in [9.17, 15) is 13.2 Å². The van der Waals surface area contributed by atoms with E-state index in [4.69, 9.17) is 4.74 Å². The summed E-state index contributed by atoms with van der Waals surface area (Å²) in [6.07, 6.45) is -0.974. The Labute approximate surface area is 96.4 Å². The van der Waals surface area contributed by atoms with Gasteiger partial charge in [-0.05, 0) is 25.7 Å². The van der Waals surface area contributed by atoms with Crippen LogP contribution in [0.5, 0.6) is 0 Å². The first kappa shape index (κ1) is 15.8. The topological polar surface area (TPSA) is 9.23 Å². The van der Waals surface area contributed by atoms with Gasteiger partial charge in [0.25, 0.3) is 0 Å². The van der Waals surface area contributed by atoms with Crippen molar-refractivity contribution in [3.8, 4) is 0 Å². The number of alkyl halides is 3. The molecule has 0 heterocycles. The number of halogens is 3. The zero-order valence-corrected chi connectivity index (χ0v) is 10.7. The molecular weight excluding hydrogens is 217 g/mol. The zero-order valence-electron chi connectivity index (χ0n) is 10.7. The van der Waals surface area contributed by atoms with Crippen LogP contribution in [-0.2, 0) is 4.74 Å². The standard InChI is InChI=1S/C12H23F3O/c1-5-11(4,8-6-7-10(2)3)16-9-12(13,14)15/h10H,5-9H2,1-4H3/t11-/m1/s1. The SMILES string of the molecule is CC[C@](C)(CCCC(C)C)OCC(F)(F)F. The Morgan fingerprint density at radius 3 is 2.12 bits per heavy atom. The van der Waals surface area contributed by atoms with E-state index >= 15 is 0 Å². The van der Waals surface area contributed by atoms with Crippen molar-refractivity contribution in [3.63, 3.8) is 0 Å². The summed E-state index contributed by atoms with van der Waals surface area (Å²) in [4.78, 5) is 0. The highest BCUT2D eigenvalue weighted by molar-refractivity contribution is 4.74. The maximum atomic E-state index is 12.0. The lowest BCUT2D eigenvalue weighted by atomic mass is 9.93. The number of ether oxygens (including phenoxy) is 1. The van der Waals surface area contributed by atoms with Crippen LogP contribution < -0.4 is 0 Å². The Balaban J connectivity index is 4.00. The second-order valence-electron chi connectivity index (χ2n) is 4.99. The molecule has 0 bridgehead atoms. The molecule has 0 aliphatic carbocycles. The van der Waals surface area contributed by atoms with Crippen LogP contribution in [0.3, 0.4) is 0 Å². The van der Waals surface area contributed by atoms with E-state index in [1.165, 1.54) is 0 Å². The number of rotatable bonds is 7. The van der Waals surface area contributed by atoms with Crippen molar-refractivity contribution in [1.29, 1.82) is 0 Å². The Hall–Kier alpha value is -0.250. The summed E-state index contributed by atoms with van der Waals surface area (Å²) in [5.74, 6) is 0.587. The van der Waals surface area contributed by atoms with Crippen molar-refractivity contribution < 1.29 is 17.9 Å². The molecule has 0 N–H and O–H groups in total. The maximum absolute atomic E-state index is 12.0. The van der Waals surface area contributed by atoms with Crippen molar-refractivity contribution in [2.45, 2.75) is 65.2 Å². The van der Waals surface area contributed by atoms with Gasteiger partial charge in [-0.1, -0.05) is 33.6 Å². The van der Waals surface area contributed by atoms with Gasteiger partial charge in [0, 0.05) is 0 Å². The van der Waals surface area contributed by atoms with Gasteiger partial charge < -0.3 is 4.74 Å². The fourth-order valence-electron chi connectivity index (χ4n) is 1.49. The Kier molecular flexibility index (Phi) is 6.38. The molecule has 0 spiro atoms. The molecule has 0 aromatic carbocycles. The van der Waals surface area contributed by atoms with Crippen LogP contribution in [0.25, 0.3) is 0 Å². The van der Waals surface area contributed by atoms with Gasteiger partial charge in [0.05, 0.1) is 5.60 Å². The minimum absolute atomic E-state index is 0.587. The fraction of sp³-hybridized carbons (Fsp3) is 1.00. The molecule has 16 heavy (non-hydrogen) atoms. The van der Waals surface area contributed by atoms with E-state index in [-0.39, 0.29) is 0 Å². The molecule has 0 aliphatic rings. The molecule has 1 nitrogen and oxygen atoms in total. The molecule has 1 atom stereocenters. The van der Waals surface area contributed by atoms with E-state index in [1.807, 2.05) is 6.92 Å². The van der Waals surface area contributed by atoms with Crippen LogP contribution in [-0.4, -0.2) is 18.4 Å². The lowest BCUT2D eigenvalue weighted by molar-refractivity contribution is -0.204. The van der Waals surface area contributed by atoms with Crippen molar-refractivity contribution in [2.24, 2.45) is 5.92 Å². The molecule has 0 radical (unpaired) electrons. The number of hydrogen-bond acceptors (Lipinski definition) is 1. The van der Waals surface area contributed by atoms with Gasteiger partial charge in [-0.25, -0.2) is 0 Å². The predicted octanol–water partition coefficient (Wildman–Crippen LogP) is 4.56. The van der Waals surface area contributed by atoms with Crippen molar-refractivity contribution in [2.75, 3.05) is 6.61 Å². The third-order valence-electron chi connectivity index (χ3n) is 2.82. The van der Waals surface area contributed by atoms with Gasteiger partial charge in [0.1, 0.15) is 6.61 Å². The monoisotopic (exact) mass is 240 g/mol. The molecule has 0 rings (SSSR count). The molecule has 0 unspecified atom stereocenters. The fourth-order valence-corrected chi connectivity index (χ4v) is 1.49. The van der Waals surface area contributed by atoms with Gasteiger partial charge in [0.2, 0.25) is 0 Å². The minimum Gasteiger partial charge on any atom is -0.366 e. The first-order valence-electron chi connectivity index (χ1n) is 5.89. The van der Waals surface area contributed by atoms with Gasteiger partial charge in [-0.15, -0.1) is 0 Å². The summed E-state index contributed by atoms with van der Waals surface area (Å²) in [7, 11) is 0. The number of hydrogen-bond donors (Lipinski definition) is 0. The smallest absolute Gasteiger partial charge is 0.366 e.